The van der Waals surface area contributed by atoms with Crippen molar-refractivity contribution in [2.75, 3.05) is 10.6 Å². The van der Waals surface area contributed by atoms with Gasteiger partial charge in [-0.05, 0) is 43.7 Å². The average Bonchev–Trinajstić information content (AvgIpc) is 2.69. The van der Waals surface area contributed by atoms with Crippen molar-refractivity contribution in [3.05, 3.63) is 54.1 Å². The molecule has 0 atom stereocenters. The molecule has 0 radical (unpaired) electrons. The van der Waals surface area contributed by atoms with E-state index in [4.69, 9.17) is 4.74 Å². The number of carbonyl (C=O) groups excluding carboxylic acids is 2. The van der Waals surface area contributed by atoms with Gasteiger partial charge in [-0.25, -0.2) is 4.79 Å². The van der Waals surface area contributed by atoms with E-state index in [1.807, 2.05) is 26.0 Å². The molecule has 0 aliphatic carbocycles. The number of carbonyl (C=O) groups is 2. The summed E-state index contributed by atoms with van der Waals surface area (Å²) < 4.78 is 5.16. The van der Waals surface area contributed by atoms with Gasteiger partial charge in [0, 0.05) is 11.4 Å². The second kappa shape index (κ2) is 5.18. The van der Waals surface area contributed by atoms with E-state index in [0.717, 1.165) is 5.56 Å². The van der Waals surface area contributed by atoms with Crippen LogP contribution < -0.4 is 15.4 Å². The van der Waals surface area contributed by atoms with Gasteiger partial charge in [0.15, 0.2) is 0 Å². The predicted octanol–water partition coefficient (Wildman–Crippen LogP) is 3.53. The van der Waals surface area contributed by atoms with Crippen molar-refractivity contribution < 1.29 is 14.3 Å². The topological polar surface area (TPSA) is 67.4 Å². The molecular weight excluding hydrogens is 280 g/mol. The van der Waals surface area contributed by atoms with Crippen LogP contribution in [0.25, 0.3) is 0 Å². The summed E-state index contributed by atoms with van der Waals surface area (Å²) in [5.41, 5.74) is 1.64. The van der Waals surface area contributed by atoms with Crippen LogP contribution in [0.5, 0.6) is 5.75 Å². The highest BCUT2D eigenvalue weighted by Crippen LogP contribution is 2.38. The van der Waals surface area contributed by atoms with Crippen molar-refractivity contribution in [1.82, 2.24) is 0 Å². The summed E-state index contributed by atoms with van der Waals surface area (Å²) in [6.07, 6.45) is -0.574. The second-order valence-electron chi connectivity index (χ2n) is 5.67. The van der Waals surface area contributed by atoms with Crippen molar-refractivity contribution in [3.63, 3.8) is 0 Å². The number of anilines is 2. The van der Waals surface area contributed by atoms with Gasteiger partial charge in [0.2, 0.25) is 5.91 Å². The van der Waals surface area contributed by atoms with Gasteiger partial charge >= 0.3 is 6.09 Å². The largest absolute Gasteiger partial charge is 0.417 e. The number of hydrogen-bond donors (Lipinski definition) is 2. The minimum atomic E-state index is -0.574. The van der Waals surface area contributed by atoms with E-state index in [1.54, 1.807) is 36.4 Å². The molecule has 0 unspecified atom stereocenters. The van der Waals surface area contributed by atoms with Crippen LogP contribution in [0.15, 0.2) is 48.5 Å². The van der Waals surface area contributed by atoms with Crippen LogP contribution in [0.4, 0.5) is 16.2 Å². The first-order valence-electron chi connectivity index (χ1n) is 6.97. The lowest BCUT2D eigenvalue weighted by molar-refractivity contribution is -0.119. The monoisotopic (exact) mass is 296 g/mol. The van der Waals surface area contributed by atoms with Crippen molar-refractivity contribution in [3.8, 4) is 5.75 Å². The number of fused-ring (bicyclic) bond motifs is 1. The summed E-state index contributed by atoms with van der Waals surface area (Å²) in [5.74, 6) is 0.419. The maximum atomic E-state index is 11.9. The van der Waals surface area contributed by atoms with Gasteiger partial charge in [0.25, 0.3) is 0 Å². The molecule has 0 saturated heterocycles. The van der Waals surface area contributed by atoms with Crippen molar-refractivity contribution in [2.45, 2.75) is 19.3 Å². The highest BCUT2D eigenvalue weighted by atomic mass is 16.6. The third-order valence-corrected chi connectivity index (χ3v) is 3.71. The lowest BCUT2D eigenvalue weighted by Gasteiger charge is -2.15. The Bertz CT molecular complexity index is 739. The zero-order valence-corrected chi connectivity index (χ0v) is 12.3. The molecule has 0 fully saturated rings. The van der Waals surface area contributed by atoms with Crippen LogP contribution in [0.1, 0.15) is 19.4 Å². The fraction of sp³-hybridized carbons (Fsp3) is 0.176. The van der Waals surface area contributed by atoms with E-state index in [2.05, 4.69) is 10.6 Å². The molecule has 22 heavy (non-hydrogen) atoms. The molecule has 1 aliphatic rings. The Morgan fingerprint density at radius 1 is 1.14 bits per heavy atom. The second-order valence-corrected chi connectivity index (χ2v) is 5.67. The zero-order chi connectivity index (χ0) is 15.7. The van der Waals surface area contributed by atoms with E-state index < -0.39 is 11.5 Å². The Balaban J connectivity index is 1.74. The first-order chi connectivity index (χ1) is 10.5. The molecule has 2 aromatic carbocycles. The fourth-order valence-electron chi connectivity index (χ4n) is 2.41. The van der Waals surface area contributed by atoms with Crippen molar-refractivity contribution in [2.24, 2.45) is 0 Å². The summed E-state index contributed by atoms with van der Waals surface area (Å²) in [6.45, 7) is 3.73. The van der Waals surface area contributed by atoms with Gasteiger partial charge < -0.3 is 10.1 Å². The number of amides is 2. The molecule has 112 valence electrons. The molecule has 5 heteroatoms. The molecule has 1 heterocycles. The Morgan fingerprint density at radius 2 is 1.86 bits per heavy atom. The Hall–Kier alpha value is -2.82. The number of nitrogens with one attached hydrogen (secondary N) is 2. The standard InChI is InChI=1S/C17H16N2O3/c1-17(2)13-9-8-11(10-14(13)19-15(17)20)18-16(21)22-12-6-4-3-5-7-12/h3-10H,1-2H3,(H,18,21)(H,19,20). The van der Waals surface area contributed by atoms with Gasteiger partial charge in [-0.3, -0.25) is 10.1 Å². The molecule has 0 aromatic heterocycles. The summed E-state index contributed by atoms with van der Waals surface area (Å²) in [4.78, 5) is 23.8. The molecule has 2 aromatic rings. The third-order valence-electron chi connectivity index (χ3n) is 3.71. The van der Waals surface area contributed by atoms with Crippen molar-refractivity contribution in [1.29, 1.82) is 0 Å². The van der Waals surface area contributed by atoms with E-state index in [9.17, 15) is 9.59 Å². The van der Waals surface area contributed by atoms with Crippen LogP contribution in [-0.4, -0.2) is 12.0 Å². The first-order valence-corrected chi connectivity index (χ1v) is 6.97. The average molecular weight is 296 g/mol. The minimum Gasteiger partial charge on any atom is -0.410 e. The molecule has 2 N–H and O–H groups in total. The fourth-order valence-corrected chi connectivity index (χ4v) is 2.41. The summed E-state index contributed by atoms with van der Waals surface area (Å²) >= 11 is 0. The zero-order valence-electron chi connectivity index (χ0n) is 12.3. The van der Waals surface area contributed by atoms with E-state index in [0.29, 0.717) is 17.1 Å². The number of hydrogen-bond acceptors (Lipinski definition) is 3. The molecule has 5 nitrogen and oxygen atoms in total. The molecule has 2 amide bonds. The normalized spacial score (nSPS) is 14.9. The van der Waals surface area contributed by atoms with Gasteiger partial charge in [-0.2, -0.15) is 0 Å². The van der Waals surface area contributed by atoms with E-state index >= 15 is 0 Å². The quantitative estimate of drug-likeness (QED) is 0.891. The molecule has 0 bridgehead atoms. The molecule has 1 aliphatic heterocycles. The molecule has 0 saturated carbocycles. The van der Waals surface area contributed by atoms with Gasteiger partial charge in [-0.1, -0.05) is 24.3 Å². The number of benzene rings is 2. The van der Waals surface area contributed by atoms with Crippen molar-refractivity contribution >= 4 is 23.4 Å². The molecule has 0 spiro atoms. The van der Waals surface area contributed by atoms with Gasteiger partial charge in [-0.15, -0.1) is 0 Å². The number of para-hydroxylation sites is 1. The lowest BCUT2D eigenvalue weighted by Crippen LogP contribution is -2.26. The minimum absolute atomic E-state index is 0.0495. The third kappa shape index (κ3) is 2.53. The number of rotatable bonds is 2. The van der Waals surface area contributed by atoms with Crippen LogP contribution in [0.2, 0.25) is 0 Å². The highest BCUT2D eigenvalue weighted by molar-refractivity contribution is 6.06. The van der Waals surface area contributed by atoms with Crippen LogP contribution in [-0.2, 0) is 10.2 Å². The van der Waals surface area contributed by atoms with Crippen LogP contribution >= 0.6 is 0 Å². The summed E-state index contributed by atoms with van der Waals surface area (Å²) in [6, 6.07) is 14.1. The Kier molecular flexibility index (Phi) is 3.33. The van der Waals surface area contributed by atoms with Crippen LogP contribution in [0.3, 0.4) is 0 Å². The van der Waals surface area contributed by atoms with Gasteiger partial charge in [0.1, 0.15) is 5.75 Å². The van der Waals surface area contributed by atoms with E-state index in [1.165, 1.54) is 0 Å². The first kappa shape index (κ1) is 14.1. The van der Waals surface area contributed by atoms with E-state index in [-0.39, 0.29) is 5.91 Å². The van der Waals surface area contributed by atoms with Crippen LogP contribution in [0, 0.1) is 0 Å². The summed E-state index contributed by atoms with van der Waals surface area (Å²) in [7, 11) is 0. The van der Waals surface area contributed by atoms with Gasteiger partial charge in [0.05, 0.1) is 5.41 Å². The predicted molar refractivity (Wildman–Crippen MR) is 84.2 cm³/mol. The maximum Gasteiger partial charge on any atom is 0.417 e. The summed E-state index contributed by atoms with van der Waals surface area (Å²) in [5, 5.41) is 5.47. The molecular formula is C17H16N2O3. The number of ether oxygens (including phenoxy) is 1. The Morgan fingerprint density at radius 3 is 2.59 bits per heavy atom. The SMILES string of the molecule is CC1(C)C(=O)Nc2cc(NC(=O)Oc3ccccc3)ccc21. The highest BCUT2D eigenvalue weighted by Gasteiger charge is 2.38. The maximum absolute atomic E-state index is 11.9. The smallest absolute Gasteiger partial charge is 0.410 e. The lowest BCUT2D eigenvalue weighted by atomic mass is 9.86. The molecule has 3 rings (SSSR count). The Labute approximate surface area is 128 Å².